The minimum Gasteiger partial charge on any atom is -1.00 e. The Kier molecular flexibility index (Phi) is 17.9. The number of nitrogens with zero attached hydrogens (tertiary/aromatic N) is 1. The lowest BCUT2D eigenvalue weighted by atomic mass is 10.1. The Morgan fingerprint density at radius 2 is 1.48 bits per heavy atom. The van der Waals surface area contributed by atoms with E-state index in [4.69, 9.17) is 14.2 Å². The Labute approximate surface area is 267 Å². The Balaban J connectivity index is 0.00000616. The van der Waals surface area contributed by atoms with E-state index < -0.39 is 0 Å². The van der Waals surface area contributed by atoms with Gasteiger partial charge in [-0.2, -0.15) is 4.57 Å². The van der Waals surface area contributed by atoms with Crippen molar-refractivity contribution in [2.75, 3.05) is 25.6 Å². The van der Waals surface area contributed by atoms with E-state index in [-0.39, 0.29) is 29.5 Å². The predicted molar refractivity (Wildman–Crippen MR) is 168 cm³/mol. The maximum absolute atomic E-state index is 12.8. The fourth-order valence-corrected chi connectivity index (χ4v) is 5.50. The quantitative estimate of drug-likeness (QED) is 0.121. The van der Waals surface area contributed by atoms with E-state index in [1.54, 1.807) is 18.4 Å². The zero-order valence-corrected chi connectivity index (χ0v) is 28.1. The number of aromatic nitrogens is 1. The van der Waals surface area contributed by atoms with Gasteiger partial charge in [0.25, 0.3) is 5.91 Å². The molecule has 0 saturated carbocycles. The highest BCUT2D eigenvalue weighted by molar-refractivity contribution is 7.09. The molecular formula is C34H49BrN2O4S. The lowest BCUT2D eigenvalue weighted by Crippen LogP contribution is -3.00. The van der Waals surface area contributed by atoms with Gasteiger partial charge in [-0.05, 0) is 31.5 Å². The summed E-state index contributed by atoms with van der Waals surface area (Å²) >= 11 is 1.70. The van der Waals surface area contributed by atoms with Gasteiger partial charge in [-0.1, -0.05) is 113 Å². The molecule has 6 nitrogen and oxygen atoms in total. The third-order valence-electron chi connectivity index (χ3n) is 7.13. The molecule has 0 saturated heterocycles. The van der Waals surface area contributed by atoms with Crippen LogP contribution in [0.4, 0.5) is 5.69 Å². The number of para-hydroxylation sites is 2. The van der Waals surface area contributed by atoms with Crippen molar-refractivity contribution < 1.29 is 40.6 Å². The fourth-order valence-electron chi connectivity index (χ4n) is 4.86. The first-order chi connectivity index (χ1) is 20.1. The molecule has 0 radical (unpaired) electrons. The van der Waals surface area contributed by atoms with Crippen molar-refractivity contribution in [3.63, 3.8) is 0 Å². The lowest BCUT2D eigenvalue weighted by molar-refractivity contribution is -0.683. The second-order valence-electron chi connectivity index (χ2n) is 10.7. The summed E-state index contributed by atoms with van der Waals surface area (Å²) < 4.78 is 19.7. The number of ether oxygens (including phenoxy) is 3. The van der Waals surface area contributed by atoms with Gasteiger partial charge in [0.2, 0.25) is 11.3 Å². The number of nitrogens with one attached hydrogen (secondary N) is 1. The summed E-state index contributed by atoms with van der Waals surface area (Å²) in [6.07, 6.45) is 17.7. The summed E-state index contributed by atoms with van der Waals surface area (Å²) in [6, 6.07) is 13.4. The monoisotopic (exact) mass is 660 g/mol. The molecule has 0 unspecified atom stereocenters. The molecule has 0 atom stereocenters. The summed E-state index contributed by atoms with van der Waals surface area (Å²) in [5.74, 6) is 1.44. The highest BCUT2D eigenvalue weighted by atomic mass is 79.9. The Morgan fingerprint density at radius 3 is 2.12 bits per heavy atom. The van der Waals surface area contributed by atoms with Crippen LogP contribution in [0.3, 0.4) is 0 Å². The Hall–Kier alpha value is -2.58. The number of anilines is 1. The summed E-state index contributed by atoms with van der Waals surface area (Å²) in [4.78, 5) is 14.1. The maximum atomic E-state index is 12.8. The van der Waals surface area contributed by atoms with Gasteiger partial charge >= 0.3 is 0 Å². The summed E-state index contributed by atoms with van der Waals surface area (Å²) in [5, 5.41) is 3.01. The number of aryl methyl sites for hydroxylation is 1. The van der Waals surface area contributed by atoms with Crippen molar-refractivity contribution >= 4 is 22.9 Å². The number of carbonyl (C=O) groups is 1. The number of benzene rings is 2. The number of unbranched alkanes of at least 4 members (excludes halogenated alkanes) is 11. The second-order valence-corrected chi connectivity index (χ2v) is 11.7. The van der Waals surface area contributed by atoms with Crippen LogP contribution < -0.4 is 41.1 Å². The average Bonchev–Trinajstić information content (AvgIpc) is 3.39. The van der Waals surface area contributed by atoms with Crippen LogP contribution in [0.15, 0.2) is 54.2 Å². The lowest BCUT2D eigenvalue weighted by Gasteiger charge is -2.16. The molecule has 232 valence electrons. The number of halogens is 1. The van der Waals surface area contributed by atoms with Gasteiger partial charge in [0, 0.05) is 5.56 Å². The molecule has 0 spiro atoms. The second kappa shape index (κ2) is 21.2. The normalized spacial score (nSPS) is 10.6. The van der Waals surface area contributed by atoms with Crippen molar-refractivity contribution in [1.29, 1.82) is 0 Å². The third-order valence-corrected chi connectivity index (χ3v) is 7.99. The van der Waals surface area contributed by atoms with Crippen LogP contribution >= 0.6 is 11.3 Å². The van der Waals surface area contributed by atoms with E-state index in [2.05, 4.69) is 35.4 Å². The molecule has 3 aromatic rings. The minimum atomic E-state index is -0.223. The first-order valence-corrected chi connectivity index (χ1v) is 16.2. The number of carbonyl (C=O) groups excluding carboxylic acids is 1. The molecule has 0 aliphatic rings. The molecule has 1 aromatic heterocycles. The fraction of sp³-hybridized carbons (Fsp3) is 0.529. The smallest absolute Gasteiger partial charge is 0.262 e. The van der Waals surface area contributed by atoms with E-state index in [0.29, 0.717) is 30.4 Å². The third kappa shape index (κ3) is 13.2. The van der Waals surface area contributed by atoms with Crippen LogP contribution in [0.25, 0.3) is 0 Å². The first-order valence-electron chi connectivity index (χ1n) is 15.3. The summed E-state index contributed by atoms with van der Waals surface area (Å²) in [5.41, 5.74) is 3.90. The molecule has 8 heteroatoms. The molecule has 1 heterocycles. The molecular weight excluding hydrogens is 612 g/mol. The van der Waals surface area contributed by atoms with Crippen LogP contribution in [-0.4, -0.2) is 26.2 Å². The average molecular weight is 662 g/mol. The number of amides is 1. The molecule has 2 aromatic carbocycles. The Bertz CT molecular complexity index is 1170. The molecule has 42 heavy (non-hydrogen) atoms. The topological polar surface area (TPSA) is 60.7 Å². The van der Waals surface area contributed by atoms with Gasteiger partial charge in [-0.25, -0.2) is 0 Å². The highest BCUT2D eigenvalue weighted by Crippen LogP contribution is 2.37. The predicted octanol–water partition coefficient (Wildman–Crippen LogP) is 5.50. The summed E-state index contributed by atoms with van der Waals surface area (Å²) in [6.45, 7) is 5.51. The molecule has 1 N–H and O–H groups in total. The molecule has 1 amide bonds. The number of methoxy groups -OCH3 is 1. The van der Waals surface area contributed by atoms with Crippen LogP contribution in [0.1, 0.15) is 94.4 Å². The van der Waals surface area contributed by atoms with Gasteiger partial charge in [-0.15, -0.1) is 0 Å². The van der Waals surface area contributed by atoms with E-state index in [1.807, 2.05) is 42.5 Å². The number of thiazole rings is 1. The molecule has 0 bridgehead atoms. The van der Waals surface area contributed by atoms with Crippen molar-refractivity contribution in [2.45, 2.75) is 97.4 Å². The van der Waals surface area contributed by atoms with Crippen molar-refractivity contribution in [1.82, 2.24) is 0 Å². The van der Waals surface area contributed by atoms with Gasteiger partial charge < -0.3 is 36.5 Å². The number of hydrogen-bond acceptors (Lipinski definition) is 5. The number of hydrogen-bond donors (Lipinski definition) is 1. The van der Waals surface area contributed by atoms with Crippen LogP contribution in [-0.2, 0) is 11.3 Å². The van der Waals surface area contributed by atoms with Crippen LogP contribution in [0, 0.1) is 6.92 Å². The number of rotatable bonds is 21. The van der Waals surface area contributed by atoms with Crippen LogP contribution in [0.5, 0.6) is 17.2 Å². The van der Waals surface area contributed by atoms with Gasteiger partial charge in [-0.3, -0.25) is 4.79 Å². The van der Waals surface area contributed by atoms with E-state index in [0.717, 1.165) is 24.1 Å². The molecule has 0 aliphatic heterocycles. The van der Waals surface area contributed by atoms with Gasteiger partial charge in [0.15, 0.2) is 30.8 Å². The SMILES string of the molecule is CCCCCCCCCCCCCCOc1c(OC)cccc1OCC(=O)Nc1ccccc1C[n+]1csc(C)c1.[Br-]. The zero-order valence-electron chi connectivity index (χ0n) is 25.7. The standard InChI is InChI=1S/C34H48N2O4S.BrH/c1-4-5-6-7-8-9-10-11-12-13-14-17-23-39-34-31(38-3)21-18-22-32(34)40-26-33(37)35-30-20-16-15-19-29(30)25-36-24-28(2)41-27-36;/h15-16,18-22,24,27H,4-14,17,23,25-26H2,1-3H3;1H. The largest absolute Gasteiger partial charge is 1.00 e. The Morgan fingerprint density at radius 1 is 0.833 bits per heavy atom. The minimum absolute atomic E-state index is 0. The van der Waals surface area contributed by atoms with Crippen molar-refractivity contribution in [2.24, 2.45) is 0 Å². The van der Waals surface area contributed by atoms with Crippen molar-refractivity contribution in [3.8, 4) is 17.2 Å². The van der Waals surface area contributed by atoms with E-state index in [9.17, 15) is 4.79 Å². The van der Waals surface area contributed by atoms with Crippen molar-refractivity contribution in [3.05, 3.63) is 64.6 Å². The van der Waals surface area contributed by atoms with E-state index >= 15 is 0 Å². The maximum Gasteiger partial charge on any atom is 0.262 e. The van der Waals surface area contributed by atoms with Crippen LogP contribution in [0.2, 0.25) is 0 Å². The first kappa shape index (κ1) is 35.6. The highest BCUT2D eigenvalue weighted by Gasteiger charge is 2.15. The van der Waals surface area contributed by atoms with E-state index in [1.165, 1.54) is 69.1 Å². The molecule has 0 aliphatic carbocycles. The van der Waals surface area contributed by atoms with Gasteiger partial charge in [0.1, 0.15) is 0 Å². The van der Waals surface area contributed by atoms with Gasteiger partial charge in [0.05, 0.1) is 24.3 Å². The zero-order chi connectivity index (χ0) is 29.1. The molecule has 0 fully saturated rings. The summed E-state index contributed by atoms with van der Waals surface area (Å²) in [7, 11) is 1.62. The molecule has 3 rings (SSSR count).